The van der Waals surface area contributed by atoms with Gasteiger partial charge in [0.05, 0.1) is 12.5 Å². The largest absolute Gasteiger partial charge is 0.463 e. The monoisotopic (exact) mass is 272 g/mol. The molecule has 0 amide bonds. The van der Waals surface area contributed by atoms with E-state index in [1.807, 2.05) is 0 Å². The molecule has 0 N–H and O–H groups in total. The maximum atomic E-state index is 11.9. The number of ether oxygens (including phenoxy) is 1. The molecule has 0 bridgehead atoms. The van der Waals surface area contributed by atoms with Gasteiger partial charge in [-0.15, -0.1) is 0 Å². The average molecular weight is 273 g/mol. The zero-order chi connectivity index (χ0) is 12.6. The van der Waals surface area contributed by atoms with Crippen LogP contribution in [0.4, 0.5) is 0 Å². The Hall–Kier alpha value is -1.52. The van der Waals surface area contributed by atoms with E-state index in [9.17, 15) is 9.59 Å². The molecule has 88 valence electrons. The maximum absolute atomic E-state index is 11.9. The van der Waals surface area contributed by atoms with E-state index in [-0.39, 0.29) is 21.8 Å². The van der Waals surface area contributed by atoms with Crippen LogP contribution in [0.3, 0.4) is 0 Å². The topological polar surface area (TPSA) is 56.5 Å². The van der Waals surface area contributed by atoms with Crippen molar-refractivity contribution < 1.29 is 13.9 Å². The number of methoxy groups -OCH3 is 1. The van der Waals surface area contributed by atoms with Gasteiger partial charge in [0, 0.05) is 5.02 Å². The molecule has 0 atom stereocenters. The van der Waals surface area contributed by atoms with Gasteiger partial charge in [0.25, 0.3) is 0 Å². The Balaban J connectivity index is 2.84. The molecule has 6 heteroatoms. The van der Waals surface area contributed by atoms with Crippen LogP contribution >= 0.6 is 23.2 Å². The summed E-state index contributed by atoms with van der Waals surface area (Å²) in [5.74, 6) is -1.11. The van der Waals surface area contributed by atoms with E-state index in [0.717, 1.165) is 0 Å². The number of fused-ring (bicyclic) bond motifs is 1. The zero-order valence-corrected chi connectivity index (χ0v) is 10.1. The third-order valence-corrected chi connectivity index (χ3v) is 2.75. The Bertz CT molecular complexity index is 660. The normalized spacial score (nSPS) is 10.5. The fourth-order valence-corrected chi connectivity index (χ4v) is 1.76. The molecule has 0 aliphatic carbocycles. The highest BCUT2D eigenvalue weighted by molar-refractivity contribution is 6.34. The summed E-state index contributed by atoms with van der Waals surface area (Å²) in [5.41, 5.74) is -0.292. The molecule has 0 aliphatic heterocycles. The van der Waals surface area contributed by atoms with E-state index in [4.69, 9.17) is 27.6 Å². The molecular weight excluding hydrogens is 267 g/mol. The second-order valence-electron chi connectivity index (χ2n) is 3.21. The molecule has 0 saturated carbocycles. The summed E-state index contributed by atoms with van der Waals surface area (Å²) in [6.45, 7) is 0. The van der Waals surface area contributed by atoms with Gasteiger partial charge in [0.15, 0.2) is 0 Å². The van der Waals surface area contributed by atoms with Gasteiger partial charge in [-0.3, -0.25) is 4.79 Å². The van der Waals surface area contributed by atoms with Crippen molar-refractivity contribution in [3.05, 3.63) is 44.2 Å². The average Bonchev–Trinajstić information content (AvgIpc) is 2.33. The van der Waals surface area contributed by atoms with Gasteiger partial charge in [-0.1, -0.05) is 23.2 Å². The Morgan fingerprint density at radius 1 is 1.35 bits per heavy atom. The van der Waals surface area contributed by atoms with Crippen LogP contribution in [0.5, 0.6) is 0 Å². The summed E-state index contributed by atoms with van der Waals surface area (Å²) >= 11 is 11.5. The predicted octanol–water partition coefficient (Wildman–Crippen LogP) is 2.89. The summed E-state index contributed by atoms with van der Waals surface area (Å²) in [6.07, 6.45) is 0. The number of esters is 1. The van der Waals surface area contributed by atoms with E-state index >= 15 is 0 Å². The number of benzene rings is 1. The van der Waals surface area contributed by atoms with E-state index in [2.05, 4.69) is 4.74 Å². The minimum atomic E-state index is -0.802. The third-order valence-electron chi connectivity index (χ3n) is 2.17. The number of halogens is 2. The number of carbonyl (C=O) groups excluding carboxylic acids is 1. The molecule has 0 fully saturated rings. The minimum Gasteiger partial charge on any atom is -0.463 e. The zero-order valence-electron chi connectivity index (χ0n) is 8.62. The van der Waals surface area contributed by atoms with Crippen LogP contribution in [0.2, 0.25) is 10.0 Å². The van der Waals surface area contributed by atoms with Gasteiger partial charge >= 0.3 is 5.97 Å². The lowest BCUT2D eigenvalue weighted by Gasteiger charge is -2.03. The Labute approximate surface area is 106 Å². The van der Waals surface area contributed by atoms with Crippen LogP contribution in [-0.2, 0) is 4.74 Å². The smallest absolute Gasteiger partial charge is 0.375 e. The fourth-order valence-electron chi connectivity index (χ4n) is 1.37. The van der Waals surface area contributed by atoms with Crippen LogP contribution in [0.15, 0.2) is 27.4 Å². The summed E-state index contributed by atoms with van der Waals surface area (Å²) in [4.78, 5) is 23.2. The van der Waals surface area contributed by atoms with Crippen molar-refractivity contribution in [3.63, 3.8) is 0 Å². The third kappa shape index (κ3) is 2.01. The molecule has 0 aliphatic rings. The lowest BCUT2D eigenvalue weighted by molar-refractivity contribution is 0.0566. The van der Waals surface area contributed by atoms with Gasteiger partial charge in [0.1, 0.15) is 10.6 Å². The van der Waals surface area contributed by atoms with Gasteiger partial charge in [-0.2, -0.15) is 0 Å². The molecular formula is C11H6Cl2O4. The Kier molecular flexibility index (Phi) is 3.09. The lowest BCUT2D eigenvalue weighted by atomic mass is 10.2. The standard InChI is InChI=1S/C11H6Cl2O4/c1-16-11(15)10-8(13)9(14)6-4-5(12)2-3-7(6)17-10/h2-4H,1H3. The Morgan fingerprint density at radius 2 is 2.06 bits per heavy atom. The van der Waals surface area contributed by atoms with Gasteiger partial charge in [-0.05, 0) is 18.2 Å². The molecule has 0 spiro atoms. The first kappa shape index (κ1) is 12.0. The van der Waals surface area contributed by atoms with E-state index in [1.54, 1.807) is 6.07 Å². The van der Waals surface area contributed by atoms with E-state index in [1.165, 1.54) is 19.2 Å². The highest BCUT2D eigenvalue weighted by atomic mass is 35.5. The van der Waals surface area contributed by atoms with Crippen LogP contribution in [-0.4, -0.2) is 13.1 Å². The van der Waals surface area contributed by atoms with Crippen molar-refractivity contribution in [2.45, 2.75) is 0 Å². The summed E-state index contributed by atoms with van der Waals surface area (Å²) in [5, 5.41) is 0.286. The Morgan fingerprint density at radius 3 is 2.71 bits per heavy atom. The first-order valence-corrected chi connectivity index (χ1v) is 5.30. The summed E-state index contributed by atoms with van der Waals surface area (Å²) in [6, 6.07) is 4.46. The molecule has 1 aromatic carbocycles. The molecule has 0 radical (unpaired) electrons. The fraction of sp³-hybridized carbons (Fsp3) is 0.0909. The van der Waals surface area contributed by atoms with Gasteiger partial charge in [0.2, 0.25) is 11.2 Å². The van der Waals surface area contributed by atoms with E-state index in [0.29, 0.717) is 5.02 Å². The molecule has 1 heterocycles. The van der Waals surface area contributed by atoms with Gasteiger partial charge in [-0.25, -0.2) is 4.79 Å². The molecule has 2 rings (SSSR count). The summed E-state index contributed by atoms with van der Waals surface area (Å²) in [7, 11) is 1.17. The molecule has 1 aromatic heterocycles. The van der Waals surface area contributed by atoms with Crippen LogP contribution in [0.25, 0.3) is 11.0 Å². The van der Waals surface area contributed by atoms with Crippen molar-refractivity contribution in [2.24, 2.45) is 0 Å². The van der Waals surface area contributed by atoms with Crippen LogP contribution in [0.1, 0.15) is 10.6 Å². The summed E-state index contributed by atoms with van der Waals surface area (Å²) < 4.78 is 9.68. The number of hydrogen-bond donors (Lipinski definition) is 0. The van der Waals surface area contributed by atoms with Crippen molar-refractivity contribution >= 4 is 40.1 Å². The van der Waals surface area contributed by atoms with Crippen LogP contribution < -0.4 is 5.43 Å². The van der Waals surface area contributed by atoms with Gasteiger partial charge < -0.3 is 9.15 Å². The number of rotatable bonds is 1. The number of carbonyl (C=O) groups is 1. The highest BCUT2D eigenvalue weighted by Gasteiger charge is 2.19. The highest BCUT2D eigenvalue weighted by Crippen LogP contribution is 2.22. The van der Waals surface area contributed by atoms with Crippen molar-refractivity contribution in [1.82, 2.24) is 0 Å². The van der Waals surface area contributed by atoms with Crippen molar-refractivity contribution in [1.29, 1.82) is 0 Å². The maximum Gasteiger partial charge on any atom is 0.375 e. The molecule has 4 nitrogen and oxygen atoms in total. The lowest BCUT2D eigenvalue weighted by Crippen LogP contribution is -2.11. The van der Waals surface area contributed by atoms with E-state index < -0.39 is 11.4 Å². The minimum absolute atomic E-state index is 0.218. The van der Waals surface area contributed by atoms with Crippen molar-refractivity contribution in [3.8, 4) is 0 Å². The first-order chi connectivity index (χ1) is 8.04. The number of hydrogen-bond acceptors (Lipinski definition) is 4. The quantitative estimate of drug-likeness (QED) is 0.749. The second kappa shape index (κ2) is 4.39. The SMILES string of the molecule is COC(=O)c1oc2ccc(Cl)cc2c(=O)c1Cl. The van der Waals surface area contributed by atoms with Crippen LogP contribution in [0, 0.1) is 0 Å². The molecule has 0 saturated heterocycles. The first-order valence-electron chi connectivity index (χ1n) is 4.54. The predicted molar refractivity (Wildman–Crippen MR) is 63.8 cm³/mol. The molecule has 0 unspecified atom stereocenters. The van der Waals surface area contributed by atoms with Crippen molar-refractivity contribution in [2.75, 3.05) is 7.11 Å². The molecule has 17 heavy (non-hydrogen) atoms. The second-order valence-corrected chi connectivity index (χ2v) is 4.02. The molecule has 2 aromatic rings.